The topological polar surface area (TPSA) is 374 Å². The Bertz CT molecular complexity index is 2110. The van der Waals surface area contributed by atoms with Crippen LogP contribution in [0.15, 0.2) is 12.2 Å². The van der Waals surface area contributed by atoms with Gasteiger partial charge >= 0.3 is 25.7 Å². The molecule has 3 aliphatic rings. The van der Waals surface area contributed by atoms with Crippen molar-refractivity contribution in [2.45, 2.75) is 420 Å². The van der Waals surface area contributed by atoms with E-state index in [0.717, 1.165) is 116 Å². The van der Waals surface area contributed by atoms with Crippen LogP contribution in [0.2, 0.25) is 0 Å². The Hall–Kier alpha value is -2.30. The standard InChI is InChI=1S/C75H139O24P/c1-4-7-10-13-16-19-22-25-28-31-34-37-40-43-46-49-59(77)91-53-56(94-61(79)51-48-45-42-39-36-33-30-27-24-21-18-15-12-9-6-3)54-93-100(89,90)99-73-71(97-74-69(87)64(82)62(80)57(52-76)95-74)67(85)66(84)68(86)72(73)98-75-70(88)65(83)63(81)58(96-75)55-92-60(78)50-47-44-41-38-35-32-29-26-23-20-17-14-11-8-5-2/h19,22,56-58,62-76,80-88H,4-18,20-21,23-55H2,1-3H3,(H,89,90)/b22-19-. The van der Waals surface area contributed by atoms with Crippen LogP contribution in [-0.4, -0.2) is 204 Å². The molecule has 1 saturated carbocycles. The molecule has 2 saturated heterocycles. The van der Waals surface area contributed by atoms with Crippen LogP contribution in [0.3, 0.4) is 0 Å². The first-order valence-corrected chi connectivity index (χ1v) is 41.0. The van der Waals surface area contributed by atoms with Crippen LogP contribution in [0.5, 0.6) is 0 Å². The Morgan fingerprint density at radius 3 is 1.09 bits per heavy atom. The normalized spacial score (nSPS) is 27.3. The minimum absolute atomic E-state index is 0.0328. The van der Waals surface area contributed by atoms with E-state index in [1.165, 1.54) is 141 Å². The summed E-state index contributed by atoms with van der Waals surface area (Å²) in [6, 6.07) is 0. The molecule has 0 aromatic heterocycles. The molecule has 0 aromatic carbocycles. The van der Waals surface area contributed by atoms with E-state index in [9.17, 15) is 74.9 Å². The third kappa shape index (κ3) is 39.3. The van der Waals surface area contributed by atoms with Crippen LogP contribution in [-0.2, 0) is 61.2 Å². The monoisotopic (exact) mass is 1450 g/mol. The third-order valence-electron chi connectivity index (χ3n) is 19.5. The van der Waals surface area contributed by atoms with E-state index in [4.69, 9.17) is 42.2 Å². The highest BCUT2D eigenvalue weighted by molar-refractivity contribution is 7.47. The molecule has 11 N–H and O–H groups in total. The van der Waals surface area contributed by atoms with Crippen LogP contribution >= 0.6 is 7.82 Å². The number of aliphatic hydroxyl groups excluding tert-OH is 10. The van der Waals surface area contributed by atoms with Crippen LogP contribution in [0.1, 0.15) is 316 Å². The van der Waals surface area contributed by atoms with Gasteiger partial charge in [0.05, 0.1) is 13.2 Å². The van der Waals surface area contributed by atoms with Crippen molar-refractivity contribution in [3.63, 3.8) is 0 Å². The number of unbranched alkanes of at least 4 members (excludes halogenated alkanes) is 39. The van der Waals surface area contributed by atoms with E-state index >= 15 is 0 Å². The number of ether oxygens (including phenoxy) is 7. The van der Waals surface area contributed by atoms with Crippen molar-refractivity contribution in [2.75, 3.05) is 26.4 Å². The number of hydrogen-bond donors (Lipinski definition) is 11. The third-order valence-corrected chi connectivity index (χ3v) is 20.5. The smallest absolute Gasteiger partial charge is 0.463 e. The van der Waals surface area contributed by atoms with Gasteiger partial charge in [0.2, 0.25) is 0 Å². The number of aliphatic hydroxyl groups is 10. The molecule has 1 aliphatic carbocycles. The van der Waals surface area contributed by atoms with Crippen LogP contribution in [0.4, 0.5) is 0 Å². The summed E-state index contributed by atoms with van der Waals surface area (Å²) in [6.07, 6.45) is 16.8. The highest BCUT2D eigenvalue weighted by atomic mass is 31.2. The van der Waals surface area contributed by atoms with E-state index in [-0.39, 0.29) is 19.3 Å². The lowest BCUT2D eigenvalue weighted by Gasteiger charge is -2.49. The van der Waals surface area contributed by atoms with Gasteiger partial charge in [0.1, 0.15) is 98.7 Å². The molecule has 0 bridgehead atoms. The summed E-state index contributed by atoms with van der Waals surface area (Å²) in [7, 11) is -5.70. The molecule has 25 heteroatoms. The molecule has 18 atom stereocenters. The summed E-state index contributed by atoms with van der Waals surface area (Å²) in [6.45, 7) is 3.47. The van der Waals surface area contributed by atoms with Gasteiger partial charge < -0.3 is 89.1 Å². The van der Waals surface area contributed by atoms with Gasteiger partial charge in [-0.2, -0.15) is 0 Å². The second kappa shape index (κ2) is 57.0. The Kier molecular flexibility index (Phi) is 52.3. The summed E-state index contributed by atoms with van der Waals surface area (Å²) in [4.78, 5) is 51.1. The zero-order valence-electron chi connectivity index (χ0n) is 61.5. The molecular formula is C75H139O24P. The van der Waals surface area contributed by atoms with Crippen molar-refractivity contribution in [3.8, 4) is 0 Å². The molecule has 0 radical (unpaired) electrons. The maximum absolute atomic E-state index is 14.4. The Balaban J connectivity index is 1.71. The molecule has 18 unspecified atom stereocenters. The van der Waals surface area contributed by atoms with Gasteiger partial charge in [0.15, 0.2) is 18.7 Å². The van der Waals surface area contributed by atoms with Gasteiger partial charge in [-0.3, -0.25) is 23.4 Å². The zero-order chi connectivity index (χ0) is 73.2. The number of rotatable bonds is 62. The summed E-state index contributed by atoms with van der Waals surface area (Å²) in [5.41, 5.74) is 0. The molecule has 0 amide bonds. The quantitative estimate of drug-likeness (QED) is 0.00886. The van der Waals surface area contributed by atoms with Gasteiger partial charge in [-0.1, -0.05) is 264 Å². The van der Waals surface area contributed by atoms with Gasteiger partial charge in [0, 0.05) is 19.3 Å². The van der Waals surface area contributed by atoms with Crippen molar-refractivity contribution < 1.29 is 117 Å². The predicted octanol–water partition coefficient (Wildman–Crippen LogP) is 11.5. The lowest BCUT2D eigenvalue weighted by Crippen LogP contribution is -2.69. The van der Waals surface area contributed by atoms with Gasteiger partial charge in [0.25, 0.3) is 0 Å². The van der Waals surface area contributed by atoms with Crippen molar-refractivity contribution in [1.29, 1.82) is 0 Å². The minimum Gasteiger partial charge on any atom is -0.463 e. The van der Waals surface area contributed by atoms with E-state index < -0.39 is 156 Å². The number of hydrogen-bond acceptors (Lipinski definition) is 23. The lowest BCUT2D eigenvalue weighted by atomic mass is 9.84. The Labute approximate surface area is 599 Å². The first kappa shape index (κ1) is 91.9. The summed E-state index contributed by atoms with van der Waals surface area (Å²) < 4.78 is 65.1. The molecule has 0 spiro atoms. The SMILES string of the molecule is CCCCCC/C=C\CCCCCCCCCC(=O)OCC(COP(=O)(O)OC1C(OC2OC(CO)C(O)C(O)C2O)C(O)C(O)C(O)C1OC1OC(COC(=O)CCCCCCCCCCCCCCCCC)C(O)C(O)C1O)OC(=O)CCCCCCCCCCCCCCCCC. The molecule has 3 fully saturated rings. The van der Waals surface area contributed by atoms with E-state index in [0.29, 0.717) is 19.3 Å². The molecule has 588 valence electrons. The van der Waals surface area contributed by atoms with Crippen molar-refractivity contribution in [2.24, 2.45) is 0 Å². The number of phosphoric ester groups is 1. The summed E-state index contributed by atoms with van der Waals surface area (Å²) in [5.74, 6) is -1.98. The number of phosphoric acid groups is 1. The maximum atomic E-state index is 14.4. The van der Waals surface area contributed by atoms with Gasteiger partial charge in [-0.15, -0.1) is 0 Å². The molecule has 24 nitrogen and oxygen atoms in total. The lowest BCUT2D eigenvalue weighted by molar-refractivity contribution is -0.360. The van der Waals surface area contributed by atoms with Crippen molar-refractivity contribution >= 4 is 25.7 Å². The zero-order valence-corrected chi connectivity index (χ0v) is 62.4. The van der Waals surface area contributed by atoms with E-state index in [1.807, 2.05) is 0 Å². The Morgan fingerprint density at radius 2 is 0.700 bits per heavy atom. The van der Waals surface area contributed by atoms with E-state index in [1.54, 1.807) is 0 Å². The average molecular weight is 1460 g/mol. The molecule has 2 aliphatic heterocycles. The molecule has 3 rings (SSSR count). The van der Waals surface area contributed by atoms with Gasteiger partial charge in [-0.05, 0) is 44.9 Å². The predicted molar refractivity (Wildman–Crippen MR) is 379 cm³/mol. The van der Waals surface area contributed by atoms with Crippen LogP contribution < -0.4 is 0 Å². The van der Waals surface area contributed by atoms with Crippen molar-refractivity contribution in [3.05, 3.63) is 12.2 Å². The summed E-state index contributed by atoms with van der Waals surface area (Å²) in [5, 5.41) is 110. The fraction of sp³-hybridized carbons (Fsp3) is 0.933. The van der Waals surface area contributed by atoms with Crippen LogP contribution in [0, 0.1) is 0 Å². The second-order valence-corrected chi connectivity index (χ2v) is 29.8. The highest BCUT2D eigenvalue weighted by Crippen LogP contribution is 2.49. The molecule has 2 heterocycles. The van der Waals surface area contributed by atoms with Crippen LogP contribution in [0.25, 0.3) is 0 Å². The maximum Gasteiger partial charge on any atom is 0.472 e. The number of allylic oxidation sites excluding steroid dienone is 2. The first-order chi connectivity index (χ1) is 48.3. The van der Waals surface area contributed by atoms with E-state index in [2.05, 4.69) is 32.9 Å². The molecule has 100 heavy (non-hydrogen) atoms. The largest absolute Gasteiger partial charge is 0.472 e. The minimum atomic E-state index is -5.70. The fourth-order valence-corrected chi connectivity index (χ4v) is 14.1. The number of carbonyl (C=O) groups excluding carboxylic acids is 3. The average Bonchev–Trinajstić information content (AvgIpc) is 0.762. The molecular weight excluding hydrogens is 1320 g/mol. The Morgan fingerprint density at radius 1 is 0.380 bits per heavy atom. The number of esters is 3. The number of carbonyl (C=O) groups is 3. The highest BCUT2D eigenvalue weighted by Gasteiger charge is 2.58. The van der Waals surface area contributed by atoms with Crippen molar-refractivity contribution in [1.82, 2.24) is 0 Å². The second-order valence-electron chi connectivity index (χ2n) is 28.4. The van der Waals surface area contributed by atoms with Gasteiger partial charge in [-0.25, -0.2) is 4.57 Å². The fourth-order valence-electron chi connectivity index (χ4n) is 13.1. The first-order valence-electron chi connectivity index (χ1n) is 39.5. The molecule has 0 aromatic rings. The summed E-state index contributed by atoms with van der Waals surface area (Å²) >= 11 is 0.